The van der Waals surface area contributed by atoms with Crippen molar-refractivity contribution >= 4 is 54.8 Å². The minimum Gasteiger partial charge on any atom is -0.308 e. The molecule has 0 atom stereocenters. The van der Waals surface area contributed by atoms with E-state index >= 15 is 0 Å². The average molecular weight is 490 g/mol. The number of aromatic nitrogens is 1. The van der Waals surface area contributed by atoms with Gasteiger partial charge in [-0.1, -0.05) is 29.0 Å². The van der Waals surface area contributed by atoms with Gasteiger partial charge in [0.05, 0.1) is 9.60 Å². The maximum absolute atomic E-state index is 14.1. The molecule has 0 radical (unpaired) electrons. The molecule has 0 unspecified atom stereocenters. The fraction of sp³-hybridized carbons (Fsp3) is 0.300. The fourth-order valence-corrected chi connectivity index (χ4v) is 5.00. The number of thiazole rings is 1. The lowest BCUT2D eigenvalue weighted by atomic mass is 10.2. The van der Waals surface area contributed by atoms with Crippen LogP contribution in [-0.2, 0) is 14.6 Å². The van der Waals surface area contributed by atoms with Crippen LogP contribution in [0.3, 0.4) is 0 Å². The number of carbonyl (C=O) groups excluding carboxylic acids is 1. The van der Waals surface area contributed by atoms with E-state index in [1.165, 1.54) is 17.0 Å². The van der Waals surface area contributed by atoms with Crippen LogP contribution in [0.2, 0.25) is 0 Å². The second kappa shape index (κ2) is 9.99. The first-order valence-corrected chi connectivity index (χ1v) is 11.5. The van der Waals surface area contributed by atoms with E-state index in [2.05, 4.69) is 4.98 Å². The standard InChI is InChI=1S/C20H21F2N3O3S2.ClH/c1-13-4-6-15(7-5-13)30(27,28)12-18(26)25(9-8-24(2)3)20-23-19-16(22)10-14(21)11-17(19)29-20;/h4-7,10-11H,8-9,12H2,1-3H3;1H. The SMILES string of the molecule is Cc1ccc(S(=O)(=O)CC(=O)N(CCN(C)C)c2nc3c(F)cc(F)cc3s2)cc1.Cl. The smallest absolute Gasteiger partial charge is 0.244 e. The third-order valence-corrected chi connectivity index (χ3v) is 7.04. The predicted molar refractivity (Wildman–Crippen MR) is 121 cm³/mol. The summed E-state index contributed by atoms with van der Waals surface area (Å²) in [5, 5.41) is 0.125. The summed E-state index contributed by atoms with van der Waals surface area (Å²) in [5.74, 6) is -3.02. The third kappa shape index (κ3) is 5.97. The van der Waals surface area contributed by atoms with Crippen molar-refractivity contribution in [2.75, 3.05) is 37.8 Å². The van der Waals surface area contributed by atoms with Crippen LogP contribution in [-0.4, -0.2) is 57.1 Å². The second-order valence-electron chi connectivity index (χ2n) is 7.15. The molecule has 1 amide bonds. The Morgan fingerprint density at radius 1 is 1.10 bits per heavy atom. The van der Waals surface area contributed by atoms with Gasteiger partial charge in [0.25, 0.3) is 0 Å². The van der Waals surface area contributed by atoms with E-state index in [4.69, 9.17) is 0 Å². The molecule has 6 nitrogen and oxygen atoms in total. The molecule has 11 heteroatoms. The van der Waals surface area contributed by atoms with Gasteiger partial charge in [-0.05, 0) is 39.2 Å². The highest BCUT2D eigenvalue weighted by Gasteiger charge is 2.27. The quantitative estimate of drug-likeness (QED) is 0.506. The molecule has 0 aliphatic rings. The van der Waals surface area contributed by atoms with Crippen molar-refractivity contribution in [1.29, 1.82) is 0 Å². The van der Waals surface area contributed by atoms with Gasteiger partial charge in [-0.15, -0.1) is 12.4 Å². The minimum atomic E-state index is -3.87. The van der Waals surface area contributed by atoms with Gasteiger partial charge in [0.2, 0.25) is 5.91 Å². The largest absolute Gasteiger partial charge is 0.308 e. The van der Waals surface area contributed by atoms with Crippen LogP contribution in [0.25, 0.3) is 10.2 Å². The predicted octanol–water partition coefficient (Wildman–Crippen LogP) is 3.67. The molecule has 0 saturated carbocycles. The zero-order valence-corrected chi connectivity index (χ0v) is 19.6. The number of sulfone groups is 1. The van der Waals surface area contributed by atoms with Crippen molar-refractivity contribution in [2.24, 2.45) is 0 Å². The summed E-state index contributed by atoms with van der Waals surface area (Å²) in [7, 11) is -0.266. The summed E-state index contributed by atoms with van der Waals surface area (Å²) in [6.07, 6.45) is 0. The monoisotopic (exact) mass is 489 g/mol. The Balaban J connectivity index is 0.00000341. The maximum atomic E-state index is 14.1. The number of carbonyl (C=O) groups is 1. The van der Waals surface area contributed by atoms with E-state index in [9.17, 15) is 22.0 Å². The fourth-order valence-electron chi connectivity index (χ4n) is 2.76. The number of hydrogen-bond donors (Lipinski definition) is 0. The molecule has 168 valence electrons. The van der Waals surface area contributed by atoms with E-state index in [1.807, 2.05) is 11.8 Å². The minimum absolute atomic E-state index is 0. The Hall–Kier alpha value is -2.14. The van der Waals surface area contributed by atoms with Gasteiger partial charge in [-0.3, -0.25) is 9.69 Å². The number of likely N-dealkylation sites (N-methyl/N-ethyl adjacent to an activating group) is 1. The van der Waals surface area contributed by atoms with Gasteiger partial charge in [0.15, 0.2) is 20.8 Å². The van der Waals surface area contributed by atoms with Gasteiger partial charge in [-0.25, -0.2) is 22.2 Å². The Bertz CT molecular complexity index is 1180. The molecule has 0 bridgehead atoms. The number of benzene rings is 2. The zero-order chi connectivity index (χ0) is 22.1. The Labute approximate surface area is 189 Å². The number of nitrogens with zero attached hydrogens (tertiary/aromatic N) is 3. The Morgan fingerprint density at radius 3 is 2.35 bits per heavy atom. The lowest BCUT2D eigenvalue weighted by molar-refractivity contribution is -0.116. The van der Waals surface area contributed by atoms with Crippen molar-refractivity contribution in [3.63, 3.8) is 0 Å². The van der Waals surface area contributed by atoms with Gasteiger partial charge >= 0.3 is 0 Å². The topological polar surface area (TPSA) is 70.6 Å². The third-order valence-electron chi connectivity index (χ3n) is 4.40. The molecular formula is C20H22ClF2N3O3S2. The van der Waals surface area contributed by atoms with Crippen molar-refractivity contribution in [1.82, 2.24) is 9.88 Å². The van der Waals surface area contributed by atoms with Crippen molar-refractivity contribution in [3.05, 3.63) is 53.6 Å². The molecule has 3 rings (SSSR count). The highest BCUT2D eigenvalue weighted by molar-refractivity contribution is 7.92. The Kier molecular flexibility index (Phi) is 8.09. The molecule has 0 aliphatic carbocycles. The zero-order valence-electron chi connectivity index (χ0n) is 17.1. The average Bonchev–Trinajstić information content (AvgIpc) is 3.05. The number of fused-ring (bicyclic) bond motifs is 1. The number of hydrogen-bond acceptors (Lipinski definition) is 6. The van der Waals surface area contributed by atoms with Crippen molar-refractivity contribution in [3.8, 4) is 0 Å². The molecule has 3 aromatic rings. The highest BCUT2D eigenvalue weighted by atomic mass is 35.5. The summed E-state index contributed by atoms with van der Waals surface area (Å²) in [5.41, 5.74) is 0.845. The maximum Gasteiger partial charge on any atom is 0.244 e. The molecule has 1 aromatic heterocycles. The van der Waals surface area contributed by atoms with Crippen LogP contribution in [0.15, 0.2) is 41.3 Å². The first-order valence-electron chi connectivity index (χ1n) is 9.07. The second-order valence-corrected chi connectivity index (χ2v) is 10.2. The van der Waals surface area contributed by atoms with Crippen LogP contribution in [0, 0.1) is 18.6 Å². The molecule has 1 heterocycles. The lowest BCUT2D eigenvalue weighted by Crippen LogP contribution is -2.40. The molecule has 0 N–H and O–H groups in total. The number of amides is 1. The molecule has 0 saturated heterocycles. The van der Waals surface area contributed by atoms with E-state index < -0.39 is 33.1 Å². The summed E-state index contributed by atoms with van der Waals surface area (Å²) in [6.45, 7) is 2.42. The van der Waals surface area contributed by atoms with Gasteiger partial charge in [-0.2, -0.15) is 0 Å². The lowest BCUT2D eigenvalue weighted by Gasteiger charge is -2.22. The first kappa shape index (κ1) is 25.1. The highest BCUT2D eigenvalue weighted by Crippen LogP contribution is 2.31. The molecule has 2 aromatic carbocycles. The van der Waals surface area contributed by atoms with Crippen molar-refractivity contribution < 1.29 is 22.0 Å². The van der Waals surface area contributed by atoms with Crippen LogP contribution in [0.5, 0.6) is 0 Å². The number of rotatable bonds is 7. The summed E-state index contributed by atoms with van der Waals surface area (Å²) >= 11 is 0.938. The number of aryl methyl sites for hydroxylation is 1. The van der Waals surface area contributed by atoms with Crippen LogP contribution in [0.4, 0.5) is 13.9 Å². The summed E-state index contributed by atoms with van der Waals surface area (Å²) in [6, 6.07) is 8.09. The Morgan fingerprint density at radius 2 is 1.74 bits per heavy atom. The summed E-state index contributed by atoms with van der Waals surface area (Å²) < 4.78 is 53.3. The van der Waals surface area contributed by atoms with Crippen LogP contribution < -0.4 is 4.90 Å². The molecule has 0 fully saturated rings. The van der Waals surface area contributed by atoms with Crippen molar-refractivity contribution in [2.45, 2.75) is 11.8 Å². The molecule has 0 aliphatic heterocycles. The number of anilines is 1. The number of halogens is 3. The van der Waals surface area contributed by atoms with Gasteiger partial charge in [0, 0.05) is 19.2 Å². The molecule has 0 spiro atoms. The van der Waals surface area contributed by atoms with E-state index in [-0.39, 0.29) is 39.2 Å². The van der Waals surface area contributed by atoms with E-state index in [0.717, 1.165) is 29.0 Å². The first-order chi connectivity index (χ1) is 14.1. The summed E-state index contributed by atoms with van der Waals surface area (Å²) in [4.78, 5) is 20.2. The molecule has 31 heavy (non-hydrogen) atoms. The normalized spacial score (nSPS) is 11.5. The van der Waals surface area contributed by atoms with Gasteiger partial charge in [0.1, 0.15) is 17.1 Å². The van der Waals surface area contributed by atoms with Gasteiger partial charge < -0.3 is 4.90 Å². The van der Waals surface area contributed by atoms with E-state index in [1.54, 1.807) is 26.2 Å². The molecular weight excluding hydrogens is 468 g/mol. The van der Waals surface area contributed by atoms with Crippen LogP contribution in [0.1, 0.15) is 5.56 Å². The van der Waals surface area contributed by atoms with E-state index in [0.29, 0.717) is 6.54 Å². The van der Waals surface area contributed by atoms with Crippen LogP contribution >= 0.6 is 23.7 Å².